The van der Waals surface area contributed by atoms with Crippen molar-refractivity contribution in [3.63, 3.8) is 0 Å². The van der Waals surface area contributed by atoms with Gasteiger partial charge in [-0.3, -0.25) is 4.79 Å². The lowest BCUT2D eigenvalue weighted by Gasteiger charge is -2.32. The molecule has 1 saturated heterocycles. The monoisotopic (exact) mass is 339 g/mol. The topological polar surface area (TPSA) is 47.6 Å². The number of ether oxygens (including phenoxy) is 2. The number of allylic oxidation sites excluding steroid dienone is 1. The summed E-state index contributed by atoms with van der Waals surface area (Å²) in [4.78, 5) is 12.1. The number of rotatable bonds is 6. The van der Waals surface area contributed by atoms with Gasteiger partial charge in [-0.25, -0.2) is 8.78 Å². The maximum atomic E-state index is 13.6. The van der Waals surface area contributed by atoms with Crippen molar-refractivity contribution in [3.05, 3.63) is 47.0 Å². The van der Waals surface area contributed by atoms with Gasteiger partial charge in [0.2, 0.25) is 5.91 Å². The van der Waals surface area contributed by atoms with Gasteiger partial charge in [0.15, 0.2) is 0 Å². The summed E-state index contributed by atoms with van der Waals surface area (Å²) in [6.07, 6.45) is 2.27. The van der Waals surface area contributed by atoms with Gasteiger partial charge in [-0.1, -0.05) is 11.6 Å². The molecule has 4 nitrogen and oxygen atoms in total. The molecule has 1 fully saturated rings. The Morgan fingerprint density at radius 2 is 2.21 bits per heavy atom. The van der Waals surface area contributed by atoms with Gasteiger partial charge >= 0.3 is 0 Å². The lowest BCUT2D eigenvalue weighted by atomic mass is 10.1. The molecule has 1 heterocycles. The van der Waals surface area contributed by atoms with Crippen LogP contribution < -0.4 is 5.32 Å². The number of amides is 1. The highest BCUT2D eigenvalue weighted by molar-refractivity contribution is 5.79. The highest BCUT2D eigenvalue weighted by Crippen LogP contribution is 2.14. The molecule has 6 heteroatoms. The van der Waals surface area contributed by atoms with Crippen molar-refractivity contribution in [2.45, 2.75) is 38.8 Å². The van der Waals surface area contributed by atoms with Crippen LogP contribution >= 0.6 is 0 Å². The van der Waals surface area contributed by atoms with Gasteiger partial charge in [0, 0.05) is 12.2 Å². The minimum absolute atomic E-state index is 0.0336. The molecule has 0 radical (unpaired) electrons. The van der Waals surface area contributed by atoms with E-state index < -0.39 is 11.6 Å². The first kappa shape index (κ1) is 18.5. The molecule has 1 aliphatic heterocycles. The van der Waals surface area contributed by atoms with E-state index in [9.17, 15) is 13.6 Å². The van der Waals surface area contributed by atoms with Gasteiger partial charge in [-0.2, -0.15) is 0 Å². The Bertz CT molecular complexity index is 600. The molecule has 0 spiro atoms. The Balaban J connectivity index is 1.92. The van der Waals surface area contributed by atoms with Crippen molar-refractivity contribution in [1.29, 1.82) is 0 Å². The Labute approximate surface area is 140 Å². The first-order valence-electron chi connectivity index (χ1n) is 8.01. The molecule has 1 N–H and O–H groups in total. The Hall–Kier alpha value is -1.79. The summed E-state index contributed by atoms with van der Waals surface area (Å²) in [6.45, 7) is 5.36. The number of benzene rings is 1. The number of hydrogen-bond acceptors (Lipinski definition) is 3. The second-order valence-electron chi connectivity index (χ2n) is 6.10. The van der Waals surface area contributed by atoms with Crippen LogP contribution in [0.25, 0.3) is 0 Å². The lowest BCUT2D eigenvalue weighted by Crippen LogP contribution is -2.51. The minimum atomic E-state index is -0.595. The van der Waals surface area contributed by atoms with Crippen LogP contribution in [0.4, 0.5) is 8.78 Å². The van der Waals surface area contributed by atoms with Crippen molar-refractivity contribution in [3.8, 4) is 0 Å². The van der Waals surface area contributed by atoms with E-state index in [4.69, 9.17) is 9.47 Å². The molecular formula is C18H23F2NO3. The number of hydrogen-bond donors (Lipinski definition) is 1. The molecule has 132 valence electrons. The molecule has 2 rings (SSSR count). The van der Waals surface area contributed by atoms with Gasteiger partial charge in [0.25, 0.3) is 0 Å². The van der Waals surface area contributed by atoms with Gasteiger partial charge in [-0.15, -0.1) is 0 Å². The first-order chi connectivity index (χ1) is 11.5. The average Bonchev–Trinajstić information content (AvgIpc) is 2.52. The number of nitrogens with one attached hydrogen (secondary N) is 1. The number of carbonyl (C=O) groups is 1. The van der Waals surface area contributed by atoms with Crippen molar-refractivity contribution >= 4 is 5.91 Å². The second-order valence-corrected chi connectivity index (χ2v) is 6.10. The number of halogens is 2. The van der Waals surface area contributed by atoms with Gasteiger partial charge < -0.3 is 14.8 Å². The average molecular weight is 339 g/mol. The van der Waals surface area contributed by atoms with E-state index in [1.54, 1.807) is 0 Å². The zero-order valence-corrected chi connectivity index (χ0v) is 14.0. The summed E-state index contributed by atoms with van der Waals surface area (Å²) in [6, 6.07) is 2.79. The van der Waals surface area contributed by atoms with Crippen LogP contribution in [0.3, 0.4) is 0 Å². The summed E-state index contributed by atoms with van der Waals surface area (Å²) in [5.41, 5.74) is 1.19. The number of carbonyl (C=O) groups excluding carboxylic acids is 1. The minimum Gasteiger partial charge on any atom is -0.379 e. The molecule has 1 aliphatic rings. The van der Waals surface area contributed by atoms with Crippen LogP contribution in [0.2, 0.25) is 0 Å². The first-order valence-corrected chi connectivity index (χ1v) is 8.01. The Kier molecular flexibility index (Phi) is 6.87. The largest absolute Gasteiger partial charge is 0.379 e. The van der Waals surface area contributed by atoms with Crippen molar-refractivity contribution in [2.75, 3.05) is 19.8 Å². The standard InChI is InChI=1S/C18H23F2NO3/c1-12(2)5-8-24-17-6-7-23-11-16(17)21-18(22)10-13-9-14(19)3-4-15(13)20/h3-5,9,16-17H,6-8,10-11H2,1-2H3,(H,21,22)/t16-,17+/m1/s1. The molecule has 1 aromatic rings. The summed E-state index contributed by atoms with van der Waals surface area (Å²) in [5, 5.41) is 2.80. The third-order valence-corrected chi connectivity index (χ3v) is 3.80. The van der Waals surface area contributed by atoms with Crippen LogP contribution in [-0.4, -0.2) is 37.9 Å². The maximum Gasteiger partial charge on any atom is 0.224 e. The zero-order chi connectivity index (χ0) is 17.5. The highest BCUT2D eigenvalue weighted by atomic mass is 19.1. The van der Waals surface area contributed by atoms with Crippen molar-refractivity contribution in [2.24, 2.45) is 0 Å². The molecule has 0 bridgehead atoms. The third kappa shape index (κ3) is 5.69. The predicted molar refractivity (Wildman–Crippen MR) is 86.6 cm³/mol. The Morgan fingerprint density at radius 1 is 1.42 bits per heavy atom. The fourth-order valence-corrected chi connectivity index (χ4v) is 2.50. The lowest BCUT2D eigenvalue weighted by molar-refractivity contribution is -0.125. The van der Waals surface area contributed by atoms with Crippen LogP contribution in [0.1, 0.15) is 25.8 Å². The fraction of sp³-hybridized carbons (Fsp3) is 0.500. The zero-order valence-electron chi connectivity index (χ0n) is 14.0. The van der Waals surface area contributed by atoms with Crippen LogP contribution in [0.15, 0.2) is 29.8 Å². The van der Waals surface area contributed by atoms with Crippen LogP contribution in [-0.2, 0) is 20.7 Å². The second kappa shape index (κ2) is 8.89. The summed E-state index contributed by atoms with van der Waals surface area (Å²) < 4.78 is 38.0. The molecule has 0 aliphatic carbocycles. The molecular weight excluding hydrogens is 316 g/mol. The molecule has 1 amide bonds. The quantitative estimate of drug-likeness (QED) is 0.811. The molecule has 1 aromatic carbocycles. The summed E-state index contributed by atoms with van der Waals surface area (Å²) >= 11 is 0. The molecule has 0 saturated carbocycles. The van der Waals surface area contributed by atoms with E-state index >= 15 is 0 Å². The van der Waals surface area contributed by atoms with Crippen LogP contribution in [0, 0.1) is 11.6 Å². The predicted octanol–water partition coefficient (Wildman–Crippen LogP) is 2.76. The van der Waals surface area contributed by atoms with E-state index in [0.29, 0.717) is 26.2 Å². The van der Waals surface area contributed by atoms with Gasteiger partial charge in [0.1, 0.15) is 11.6 Å². The van der Waals surface area contributed by atoms with Gasteiger partial charge in [0.05, 0.1) is 31.8 Å². The molecule has 0 unspecified atom stereocenters. The normalized spacial score (nSPS) is 20.5. The van der Waals surface area contributed by atoms with E-state index in [-0.39, 0.29) is 30.0 Å². The van der Waals surface area contributed by atoms with Gasteiger partial charge in [-0.05, 0) is 38.5 Å². The van der Waals surface area contributed by atoms with E-state index in [0.717, 1.165) is 23.8 Å². The smallest absolute Gasteiger partial charge is 0.224 e. The van der Waals surface area contributed by atoms with E-state index in [2.05, 4.69) is 5.32 Å². The summed E-state index contributed by atoms with van der Waals surface area (Å²) in [7, 11) is 0. The van der Waals surface area contributed by atoms with Crippen molar-refractivity contribution < 1.29 is 23.0 Å². The summed E-state index contributed by atoms with van der Waals surface area (Å²) in [5.74, 6) is -1.54. The third-order valence-electron chi connectivity index (χ3n) is 3.80. The van der Waals surface area contributed by atoms with E-state index in [1.165, 1.54) is 0 Å². The molecule has 2 atom stereocenters. The maximum absolute atomic E-state index is 13.6. The molecule has 24 heavy (non-hydrogen) atoms. The fourth-order valence-electron chi connectivity index (χ4n) is 2.50. The van der Waals surface area contributed by atoms with E-state index in [1.807, 2.05) is 19.9 Å². The molecule has 0 aromatic heterocycles. The highest BCUT2D eigenvalue weighted by Gasteiger charge is 2.28. The van der Waals surface area contributed by atoms with Crippen LogP contribution in [0.5, 0.6) is 0 Å². The SMILES string of the molecule is CC(C)=CCO[C@H]1CCOC[C@H]1NC(=O)Cc1cc(F)ccc1F. The van der Waals surface area contributed by atoms with Crippen molar-refractivity contribution in [1.82, 2.24) is 5.32 Å². The Morgan fingerprint density at radius 3 is 2.96 bits per heavy atom.